The first kappa shape index (κ1) is 23.1. The van der Waals surface area contributed by atoms with Gasteiger partial charge < -0.3 is 15.4 Å². The van der Waals surface area contributed by atoms with Gasteiger partial charge in [-0.3, -0.25) is 14.4 Å². The van der Waals surface area contributed by atoms with E-state index in [0.29, 0.717) is 39.2 Å². The lowest BCUT2D eigenvalue weighted by Crippen LogP contribution is -2.36. The van der Waals surface area contributed by atoms with Crippen molar-refractivity contribution in [3.63, 3.8) is 0 Å². The molecule has 0 fully saturated rings. The number of nitrogens with zero attached hydrogens (tertiary/aromatic N) is 3. The summed E-state index contributed by atoms with van der Waals surface area (Å²) in [5.74, 6) is 0.211. The molecule has 2 aromatic heterocycles. The zero-order valence-corrected chi connectivity index (χ0v) is 20.6. The van der Waals surface area contributed by atoms with Gasteiger partial charge in [-0.25, -0.2) is 4.98 Å². The van der Waals surface area contributed by atoms with Gasteiger partial charge in [-0.1, -0.05) is 29.5 Å². The molecule has 9 nitrogen and oxygen atoms in total. The van der Waals surface area contributed by atoms with Crippen LogP contribution >= 0.6 is 23.1 Å². The molecule has 0 atom stereocenters. The number of thiazole rings is 1. The molecule has 0 spiro atoms. The quantitative estimate of drug-likeness (QED) is 0.412. The fraction of sp³-hybridized carbons (Fsp3) is 0.208. The standard InChI is InChI=1S/C24H21N5O4S2/c1-13-7-8-15-18(11-13)35-24(26-15)27-19(30)12-25-22(31)20-14-9-10-34-21(14)23(32)29(28-20)16-5-3-4-6-17(16)33-2/h3-8,11H,9-10,12H2,1-2H3,(H,25,31)(H,26,27,30). The lowest BCUT2D eigenvalue weighted by atomic mass is 10.1. The van der Waals surface area contributed by atoms with Crippen LogP contribution in [0.1, 0.15) is 21.6 Å². The van der Waals surface area contributed by atoms with Gasteiger partial charge in [0.25, 0.3) is 11.5 Å². The number of anilines is 1. The van der Waals surface area contributed by atoms with Crippen LogP contribution in [0.25, 0.3) is 15.9 Å². The Hall–Kier alpha value is -3.70. The van der Waals surface area contributed by atoms with Gasteiger partial charge >= 0.3 is 0 Å². The minimum Gasteiger partial charge on any atom is -0.494 e. The summed E-state index contributed by atoms with van der Waals surface area (Å²) >= 11 is 2.77. The number of methoxy groups -OCH3 is 1. The highest BCUT2D eigenvalue weighted by Crippen LogP contribution is 2.31. The van der Waals surface area contributed by atoms with Gasteiger partial charge in [-0.05, 0) is 43.2 Å². The number of amides is 2. The van der Waals surface area contributed by atoms with Crippen molar-refractivity contribution in [2.24, 2.45) is 0 Å². The average molecular weight is 508 g/mol. The number of carbonyl (C=O) groups is 2. The third-order valence-corrected chi connectivity index (χ3v) is 7.52. The highest BCUT2D eigenvalue weighted by molar-refractivity contribution is 7.99. The molecule has 5 rings (SSSR count). The van der Waals surface area contributed by atoms with Crippen LogP contribution in [0.3, 0.4) is 0 Å². The number of para-hydroxylation sites is 2. The Labute approximate surface area is 208 Å². The van der Waals surface area contributed by atoms with Crippen LogP contribution in [0.15, 0.2) is 52.2 Å². The maximum atomic E-state index is 13.1. The molecule has 0 bridgehead atoms. The highest BCUT2D eigenvalue weighted by atomic mass is 32.2. The van der Waals surface area contributed by atoms with Crippen molar-refractivity contribution in [3.8, 4) is 11.4 Å². The predicted molar refractivity (Wildman–Crippen MR) is 136 cm³/mol. The molecular weight excluding hydrogens is 486 g/mol. The van der Waals surface area contributed by atoms with Crippen molar-refractivity contribution >= 4 is 50.3 Å². The molecule has 0 saturated heterocycles. The second-order valence-electron chi connectivity index (χ2n) is 7.86. The number of aryl methyl sites for hydroxylation is 1. The van der Waals surface area contributed by atoms with Crippen LogP contribution in [0.2, 0.25) is 0 Å². The van der Waals surface area contributed by atoms with Crippen molar-refractivity contribution < 1.29 is 14.3 Å². The number of thioether (sulfide) groups is 1. The highest BCUT2D eigenvalue weighted by Gasteiger charge is 2.27. The lowest BCUT2D eigenvalue weighted by molar-refractivity contribution is -0.115. The molecule has 2 aromatic carbocycles. The summed E-state index contributed by atoms with van der Waals surface area (Å²) in [4.78, 5) is 43.6. The summed E-state index contributed by atoms with van der Waals surface area (Å²) in [6.45, 7) is 1.73. The van der Waals surface area contributed by atoms with Gasteiger partial charge in [-0.15, -0.1) is 11.8 Å². The van der Waals surface area contributed by atoms with Crippen LogP contribution in [-0.4, -0.2) is 46.0 Å². The van der Waals surface area contributed by atoms with E-state index in [9.17, 15) is 14.4 Å². The van der Waals surface area contributed by atoms with Gasteiger partial charge in [0.15, 0.2) is 10.8 Å². The number of aromatic nitrogens is 3. The monoisotopic (exact) mass is 507 g/mol. The average Bonchev–Trinajstić information content (AvgIpc) is 3.50. The topological polar surface area (TPSA) is 115 Å². The molecule has 3 heterocycles. The van der Waals surface area contributed by atoms with E-state index < -0.39 is 11.8 Å². The molecule has 35 heavy (non-hydrogen) atoms. The molecule has 11 heteroatoms. The molecule has 1 aliphatic rings. The summed E-state index contributed by atoms with van der Waals surface area (Å²) in [7, 11) is 1.50. The van der Waals surface area contributed by atoms with E-state index in [4.69, 9.17) is 4.74 Å². The first-order chi connectivity index (χ1) is 16.9. The maximum Gasteiger partial charge on any atom is 0.285 e. The van der Waals surface area contributed by atoms with Crippen LogP contribution in [0.4, 0.5) is 5.13 Å². The number of nitrogens with one attached hydrogen (secondary N) is 2. The number of ether oxygens (including phenoxy) is 1. The van der Waals surface area contributed by atoms with E-state index in [1.165, 1.54) is 34.9 Å². The second kappa shape index (κ2) is 9.51. The zero-order valence-electron chi connectivity index (χ0n) is 19.0. The first-order valence-electron chi connectivity index (χ1n) is 10.8. The van der Waals surface area contributed by atoms with Crippen LogP contribution < -0.4 is 20.9 Å². The van der Waals surface area contributed by atoms with Crippen LogP contribution in [0.5, 0.6) is 5.75 Å². The Morgan fingerprint density at radius 2 is 2.03 bits per heavy atom. The zero-order chi connectivity index (χ0) is 24.5. The van der Waals surface area contributed by atoms with E-state index in [-0.39, 0.29) is 17.8 Å². The lowest BCUT2D eigenvalue weighted by Gasteiger charge is -2.14. The summed E-state index contributed by atoms with van der Waals surface area (Å²) in [6, 6.07) is 12.8. The normalized spacial score (nSPS) is 12.4. The molecule has 1 aliphatic heterocycles. The third-order valence-electron chi connectivity index (χ3n) is 5.47. The summed E-state index contributed by atoms with van der Waals surface area (Å²) < 4.78 is 7.53. The van der Waals surface area contributed by atoms with Crippen molar-refractivity contribution in [2.45, 2.75) is 18.2 Å². The minimum absolute atomic E-state index is 0.124. The Morgan fingerprint density at radius 3 is 2.86 bits per heavy atom. The van der Waals surface area contributed by atoms with E-state index in [1.807, 2.05) is 25.1 Å². The molecule has 0 unspecified atom stereocenters. The van der Waals surface area contributed by atoms with Gasteiger partial charge in [0.1, 0.15) is 11.4 Å². The number of fused-ring (bicyclic) bond motifs is 2. The number of hydrogen-bond donors (Lipinski definition) is 2. The third kappa shape index (κ3) is 4.52. The largest absolute Gasteiger partial charge is 0.494 e. The first-order valence-corrected chi connectivity index (χ1v) is 12.6. The fourth-order valence-electron chi connectivity index (χ4n) is 3.82. The predicted octanol–water partition coefficient (Wildman–Crippen LogP) is 3.18. The van der Waals surface area contributed by atoms with E-state index in [0.717, 1.165) is 15.8 Å². The van der Waals surface area contributed by atoms with Crippen molar-refractivity contribution in [2.75, 3.05) is 24.7 Å². The van der Waals surface area contributed by atoms with Gasteiger partial charge in [0, 0.05) is 11.3 Å². The van der Waals surface area contributed by atoms with E-state index in [1.54, 1.807) is 24.3 Å². The summed E-state index contributed by atoms with van der Waals surface area (Å²) in [5.41, 5.74) is 2.78. The molecular formula is C24H21N5O4S2. The van der Waals surface area contributed by atoms with Crippen molar-refractivity contribution in [1.29, 1.82) is 0 Å². The van der Waals surface area contributed by atoms with E-state index in [2.05, 4.69) is 20.7 Å². The van der Waals surface area contributed by atoms with Gasteiger partial charge in [0.05, 0.1) is 28.8 Å². The van der Waals surface area contributed by atoms with Gasteiger partial charge in [0.2, 0.25) is 5.91 Å². The maximum absolute atomic E-state index is 13.1. The number of carbonyl (C=O) groups excluding carboxylic acids is 2. The Bertz CT molecular complexity index is 1530. The minimum atomic E-state index is -0.525. The summed E-state index contributed by atoms with van der Waals surface area (Å²) in [6.07, 6.45) is 0.551. The molecule has 178 valence electrons. The second-order valence-corrected chi connectivity index (χ2v) is 10.0. The Morgan fingerprint density at radius 1 is 1.20 bits per heavy atom. The number of benzene rings is 2. The molecule has 0 radical (unpaired) electrons. The smallest absolute Gasteiger partial charge is 0.285 e. The van der Waals surface area contributed by atoms with Crippen molar-refractivity contribution in [1.82, 2.24) is 20.1 Å². The number of rotatable bonds is 6. The molecule has 2 N–H and O–H groups in total. The molecule has 0 aliphatic carbocycles. The molecule has 0 saturated carbocycles. The Kier molecular flexibility index (Phi) is 6.27. The fourth-order valence-corrected chi connectivity index (χ4v) is 5.89. The number of hydrogen-bond acceptors (Lipinski definition) is 8. The SMILES string of the molecule is COc1ccccc1-n1nc(C(=O)NCC(=O)Nc2nc3ccc(C)cc3s2)c2c(c1=O)SCC2. The molecule has 4 aromatic rings. The van der Waals surface area contributed by atoms with E-state index >= 15 is 0 Å². The Balaban J connectivity index is 1.36. The van der Waals surface area contributed by atoms with Gasteiger partial charge in [-0.2, -0.15) is 9.78 Å². The van der Waals surface area contributed by atoms with Crippen molar-refractivity contribution in [3.05, 3.63) is 69.6 Å². The van der Waals surface area contributed by atoms with Crippen LogP contribution in [-0.2, 0) is 11.2 Å². The summed E-state index contributed by atoms with van der Waals surface area (Å²) in [5, 5.41) is 10.2. The molecule has 2 amide bonds. The van der Waals surface area contributed by atoms with Crippen LogP contribution in [0, 0.1) is 6.92 Å².